The van der Waals surface area contributed by atoms with Crippen molar-refractivity contribution in [2.45, 2.75) is 116 Å². The molecule has 0 spiro atoms. The summed E-state index contributed by atoms with van der Waals surface area (Å²) < 4.78 is 13.4. The molecule has 148 valence electrons. The molecule has 0 saturated heterocycles. The van der Waals surface area contributed by atoms with Gasteiger partial charge in [-0.1, -0.05) is 65.2 Å². The van der Waals surface area contributed by atoms with Crippen LogP contribution in [0.15, 0.2) is 0 Å². The summed E-state index contributed by atoms with van der Waals surface area (Å²) in [7, 11) is -2.14. The van der Waals surface area contributed by atoms with E-state index in [4.69, 9.17) is 8.85 Å². The Bertz CT molecular complexity index is 322. The highest BCUT2D eigenvalue weighted by Crippen LogP contribution is 2.52. The summed E-state index contributed by atoms with van der Waals surface area (Å²) in [5.41, 5.74) is 1.48. The highest BCUT2D eigenvalue weighted by Gasteiger charge is 2.53. The van der Waals surface area contributed by atoms with Gasteiger partial charge in [0.2, 0.25) is 0 Å². The van der Waals surface area contributed by atoms with E-state index in [1.165, 1.54) is 77.0 Å². The van der Waals surface area contributed by atoms with E-state index in [1.807, 2.05) is 0 Å². The lowest BCUT2D eigenvalue weighted by Crippen LogP contribution is -2.53. The van der Waals surface area contributed by atoms with Gasteiger partial charge in [-0.2, -0.15) is 0 Å². The summed E-state index contributed by atoms with van der Waals surface area (Å²) in [4.78, 5) is 0. The van der Waals surface area contributed by atoms with Gasteiger partial charge in [0.25, 0.3) is 0 Å². The van der Waals surface area contributed by atoms with Crippen LogP contribution < -0.4 is 0 Å². The first-order valence-corrected chi connectivity index (χ1v) is 13.4. The molecule has 0 bridgehead atoms. The molecule has 2 aliphatic rings. The van der Waals surface area contributed by atoms with Gasteiger partial charge in [0.15, 0.2) is 0 Å². The molecule has 4 unspecified atom stereocenters. The van der Waals surface area contributed by atoms with Crippen molar-refractivity contribution < 1.29 is 8.85 Å². The van der Waals surface area contributed by atoms with Gasteiger partial charge >= 0.3 is 8.56 Å². The predicted octanol–water partition coefficient (Wildman–Crippen LogP) is 7.22. The van der Waals surface area contributed by atoms with Crippen molar-refractivity contribution in [2.75, 3.05) is 13.2 Å². The summed E-state index contributed by atoms with van der Waals surface area (Å²) in [6.45, 7) is 10.8. The van der Waals surface area contributed by atoms with Crippen LogP contribution >= 0.6 is 0 Å². The van der Waals surface area contributed by atoms with Crippen LogP contribution in [0.5, 0.6) is 0 Å². The zero-order chi connectivity index (χ0) is 18.1. The maximum Gasteiger partial charge on any atom is 0.344 e. The van der Waals surface area contributed by atoms with Gasteiger partial charge in [-0.15, -0.1) is 0 Å². The zero-order valence-corrected chi connectivity index (χ0v) is 18.5. The predicted molar refractivity (Wildman–Crippen MR) is 110 cm³/mol. The Morgan fingerprint density at radius 3 is 1.48 bits per heavy atom. The normalized spacial score (nSPS) is 31.2. The van der Waals surface area contributed by atoms with Crippen LogP contribution in [0.1, 0.15) is 105 Å². The summed E-state index contributed by atoms with van der Waals surface area (Å²) in [5.74, 6) is 1.85. The van der Waals surface area contributed by atoms with Crippen molar-refractivity contribution in [2.24, 2.45) is 11.8 Å². The Morgan fingerprint density at radius 1 is 0.680 bits per heavy atom. The molecule has 0 aromatic heterocycles. The van der Waals surface area contributed by atoms with E-state index >= 15 is 0 Å². The van der Waals surface area contributed by atoms with Crippen molar-refractivity contribution in [3.8, 4) is 0 Å². The van der Waals surface area contributed by atoms with Gasteiger partial charge in [0.05, 0.1) is 0 Å². The SMILES string of the molecule is CCCC1CCCC([Si](OCC)(OCC)C2CCCC(CCC)C2)C1. The standard InChI is InChI=1S/C22H44O2Si/c1-5-11-19-13-9-15-21(17-19)25(23-7-3,24-8-4)22-16-10-14-20(18-22)12-6-2/h19-22H,5-18H2,1-4H3. The number of hydrogen-bond donors (Lipinski definition) is 0. The van der Waals surface area contributed by atoms with Gasteiger partial charge in [-0.25, -0.2) is 0 Å². The largest absolute Gasteiger partial charge is 0.394 e. The molecule has 2 aliphatic carbocycles. The van der Waals surface area contributed by atoms with Gasteiger partial charge in [0, 0.05) is 24.3 Å². The third-order valence-corrected chi connectivity index (χ3v) is 11.6. The molecule has 2 nitrogen and oxygen atoms in total. The molecule has 3 heteroatoms. The lowest BCUT2D eigenvalue weighted by atomic mass is 9.85. The summed E-state index contributed by atoms with van der Waals surface area (Å²) >= 11 is 0. The van der Waals surface area contributed by atoms with Crippen molar-refractivity contribution in [1.82, 2.24) is 0 Å². The van der Waals surface area contributed by atoms with Crippen LogP contribution in [0.25, 0.3) is 0 Å². The minimum Gasteiger partial charge on any atom is -0.394 e. The molecule has 0 aromatic carbocycles. The van der Waals surface area contributed by atoms with Crippen LogP contribution in [-0.4, -0.2) is 21.8 Å². The van der Waals surface area contributed by atoms with Crippen LogP contribution in [0.3, 0.4) is 0 Å². The van der Waals surface area contributed by atoms with E-state index in [0.717, 1.165) is 36.1 Å². The topological polar surface area (TPSA) is 18.5 Å². The quantitative estimate of drug-likeness (QED) is 0.379. The lowest BCUT2D eigenvalue weighted by molar-refractivity contribution is 0.133. The third-order valence-electron chi connectivity index (χ3n) is 6.84. The first-order chi connectivity index (χ1) is 12.2. The molecule has 0 aliphatic heterocycles. The van der Waals surface area contributed by atoms with Crippen molar-refractivity contribution in [3.05, 3.63) is 0 Å². The summed E-state index contributed by atoms with van der Waals surface area (Å²) in [6, 6.07) is 0. The van der Waals surface area contributed by atoms with Crippen LogP contribution in [-0.2, 0) is 8.85 Å². The first kappa shape index (κ1) is 21.4. The second kappa shape index (κ2) is 11.1. The van der Waals surface area contributed by atoms with Gasteiger partial charge in [0.1, 0.15) is 0 Å². The molecular formula is C22H44O2Si. The highest BCUT2D eigenvalue weighted by atomic mass is 28.4. The molecule has 0 aromatic rings. The van der Waals surface area contributed by atoms with Crippen molar-refractivity contribution in [3.63, 3.8) is 0 Å². The molecular weight excluding hydrogens is 324 g/mol. The maximum absolute atomic E-state index is 6.72. The first-order valence-electron chi connectivity index (χ1n) is 11.5. The average molecular weight is 369 g/mol. The third kappa shape index (κ3) is 5.56. The second-order valence-electron chi connectivity index (χ2n) is 8.62. The average Bonchev–Trinajstić information content (AvgIpc) is 2.62. The highest BCUT2D eigenvalue weighted by molar-refractivity contribution is 6.70. The molecule has 2 fully saturated rings. The van der Waals surface area contributed by atoms with Gasteiger partial charge in [-0.3, -0.25) is 0 Å². The molecule has 0 radical (unpaired) electrons. The fraction of sp³-hybridized carbons (Fsp3) is 1.00. The van der Waals surface area contributed by atoms with E-state index in [2.05, 4.69) is 27.7 Å². The Labute approximate surface area is 158 Å². The smallest absolute Gasteiger partial charge is 0.344 e. The van der Waals surface area contributed by atoms with Crippen LogP contribution in [0, 0.1) is 11.8 Å². The van der Waals surface area contributed by atoms with Crippen LogP contribution in [0.2, 0.25) is 11.1 Å². The van der Waals surface area contributed by atoms with Crippen molar-refractivity contribution in [1.29, 1.82) is 0 Å². The Kier molecular flexibility index (Phi) is 9.51. The summed E-state index contributed by atoms with van der Waals surface area (Å²) in [6.07, 6.45) is 16.6. The van der Waals surface area contributed by atoms with E-state index in [0.29, 0.717) is 0 Å². The second-order valence-corrected chi connectivity index (χ2v) is 12.3. The van der Waals surface area contributed by atoms with E-state index in [9.17, 15) is 0 Å². The van der Waals surface area contributed by atoms with Crippen LogP contribution in [0.4, 0.5) is 0 Å². The Hall–Kier alpha value is 0.137. The summed E-state index contributed by atoms with van der Waals surface area (Å²) in [5, 5.41) is 0. The Morgan fingerprint density at radius 2 is 1.12 bits per heavy atom. The van der Waals surface area contributed by atoms with Crippen molar-refractivity contribution >= 4 is 8.56 Å². The molecule has 4 atom stereocenters. The monoisotopic (exact) mass is 368 g/mol. The molecule has 0 N–H and O–H groups in total. The van der Waals surface area contributed by atoms with E-state index < -0.39 is 8.56 Å². The minimum atomic E-state index is -2.14. The van der Waals surface area contributed by atoms with E-state index in [-0.39, 0.29) is 0 Å². The number of hydrogen-bond acceptors (Lipinski definition) is 2. The fourth-order valence-corrected chi connectivity index (χ4v) is 11.1. The number of rotatable bonds is 10. The molecule has 2 saturated carbocycles. The van der Waals surface area contributed by atoms with Gasteiger partial charge < -0.3 is 8.85 Å². The maximum atomic E-state index is 6.72. The molecule has 0 heterocycles. The zero-order valence-electron chi connectivity index (χ0n) is 17.5. The lowest BCUT2D eigenvalue weighted by Gasteiger charge is -2.47. The fourth-order valence-electron chi connectivity index (χ4n) is 5.95. The van der Waals surface area contributed by atoms with E-state index in [1.54, 1.807) is 0 Å². The Balaban J connectivity index is 2.19. The molecule has 0 amide bonds. The molecule has 25 heavy (non-hydrogen) atoms. The molecule has 2 rings (SSSR count). The van der Waals surface area contributed by atoms with Gasteiger partial charge in [-0.05, 0) is 51.4 Å². The minimum absolute atomic E-state index is 0.739.